The highest BCUT2D eigenvalue weighted by molar-refractivity contribution is 9.10. The van der Waals surface area contributed by atoms with Gasteiger partial charge in [-0.3, -0.25) is 0 Å². The smallest absolute Gasteiger partial charge is 0.387 e. The maximum Gasteiger partial charge on any atom is 0.387 e. The van der Waals surface area contributed by atoms with E-state index >= 15 is 0 Å². The number of benzene rings is 2. The molecule has 0 aromatic heterocycles. The van der Waals surface area contributed by atoms with Gasteiger partial charge < -0.3 is 15.8 Å². The van der Waals surface area contributed by atoms with Crippen molar-refractivity contribution >= 4 is 33.0 Å². The molecule has 2 aromatic rings. The largest absolute Gasteiger partial charge is 0.435 e. The molecule has 0 fully saturated rings. The van der Waals surface area contributed by atoms with Crippen molar-refractivity contribution in [3.05, 3.63) is 46.9 Å². The summed E-state index contributed by atoms with van der Waals surface area (Å²) < 4.78 is 29.2. The summed E-state index contributed by atoms with van der Waals surface area (Å²) in [5, 5.41) is 3.10. The van der Waals surface area contributed by atoms with E-state index < -0.39 is 6.61 Å². The molecule has 0 atom stereocenters. The van der Waals surface area contributed by atoms with Crippen molar-refractivity contribution in [1.82, 2.24) is 0 Å². The number of anilines is 3. The predicted octanol–water partition coefficient (Wildman–Crippen LogP) is 4.38. The number of halogens is 3. The van der Waals surface area contributed by atoms with Crippen LogP contribution in [-0.4, -0.2) is 6.61 Å². The molecule has 0 saturated carbocycles. The third kappa shape index (κ3) is 3.82. The second-order valence-electron chi connectivity index (χ2n) is 3.76. The van der Waals surface area contributed by atoms with Crippen LogP contribution in [0.1, 0.15) is 0 Å². The molecular weight excluding hydrogens is 318 g/mol. The minimum Gasteiger partial charge on any atom is -0.435 e. The molecule has 0 aliphatic carbocycles. The van der Waals surface area contributed by atoms with Crippen molar-refractivity contribution in [2.45, 2.75) is 6.61 Å². The minimum absolute atomic E-state index is 0.114. The van der Waals surface area contributed by atoms with E-state index in [1.165, 1.54) is 12.1 Å². The Kier molecular flexibility index (Phi) is 4.21. The fraction of sp³-hybridized carbons (Fsp3) is 0.0769. The molecule has 0 unspecified atom stereocenters. The van der Waals surface area contributed by atoms with Gasteiger partial charge in [-0.05, 0) is 42.5 Å². The highest BCUT2D eigenvalue weighted by atomic mass is 79.9. The summed E-state index contributed by atoms with van der Waals surface area (Å²) in [5.74, 6) is 0.114. The Balaban J connectivity index is 2.13. The first-order valence-corrected chi connectivity index (χ1v) is 6.21. The summed E-state index contributed by atoms with van der Waals surface area (Å²) in [6.45, 7) is -2.82. The highest BCUT2D eigenvalue weighted by Gasteiger charge is 2.04. The molecule has 0 heterocycles. The van der Waals surface area contributed by atoms with E-state index in [1.54, 1.807) is 18.2 Å². The van der Waals surface area contributed by atoms with Crippen molar-refractivity contribution in [1.29, 1.82) is 0 Å². The Hall–Kier alpha value is -1.82. The summed E-state index contributed by atoms with van der Waals surface area (Å²) >= 11 is 3.35. The molecule has 0 radical (unpaired) electrons. The first-order chi connectivity index (χ1) is 9.04. The Morgan fingerprint density at radius 1 is 1.11 bits per heavy atom. The van der Waals surface area contributed by atoms with Crippen LogP contribution in [0.3, 0.4) is 0 Å². The number of hydrogen-bond donors (Lipinski definition) is 2. The molecule has 2 rings (SSSR count). The molecule has 0 aliphatic rings. The van der Waals surface area contributed by atoms with E-state index in [0.29, 0.717) is 5.69 Å². The Bertz CT molecular complexity index is 561. The van der Waals surface area contributed by atoms with Gasteiger partial charge in [0.05, 0.1) is 11.4 Å². The zero-order valence-electron chi connectivity index (χ0n) is 9.74. The van der Waals surface area contributed by atoms with Crippen molar-refractivity contribution < 1.29 is 13.5 Å². The number of nitrogens with two attached hydrogens (primary N) is 1. The van der Waals surface area contributed by atoms with E-state index in [9.17, 15) is 8.78 Å². The van der Waals surface area contributed by atoms with Crippen LogP contribution < -0.4 is 15.8 Å². The highest BCUT2D eigenvalue weighted by Crippen LogP contribution is 2.27. The molecule has 0 aliphatic heterocycles. The van der Waals surface area contributed by atoms with Crippen molar-refractivity contribution in [2.75, 3.05) is 11.1 Å². The molecule has 0 saturated heterocycles. The van der Waals surface area contributed by atoms with Gasteiger partial charge in [-0.1, -0.05) is 15.9 Å². The Morgan fingerprint density at radius 2 is 1.79 bits per heavy atom. The summed E-state index contributed by atoms with van der Waals surface area (Å²) in [4.78, 5) is 0. The average Bonchev–Trinajstić information content (AvgIpc) is 2.35. The molecule has 100 valence electrons. The van der Waals surface area contributed by atoms with Gasteiger partial charge in [-0.2, -0.15) is 8.78 Å². The number of alkyl halides is 2. The van der Waals surface area contributed by atoms with Crippen molar-refractivity contribution in [2.24, 2.45) is 0 Å². The lowest BCUT2D eigenvalue weighted by Crippen LogP contribution is -2.01. The van der Waals surface area contributed by atoms with Gasteiger partial charge in [-0.15, -0.1) is 0 Å². The van der Waals surface area contributed by atoms with Crippen LogP contribution in [0, 0.1) is 0 Å². The lowest BCUT2D eigenvalue weighted by Gasteiger charge is -2.10. The average molecular weight is 329 g/mol. The Labute approximate surface area is 117 Å². The van der Waals surface area contributed by atoms with E-state index in [0.717, 1.165) is 15.8 Å². The maximum absolute atomic E-state index is 12.0. The van der Waals surface area contributed by atoms with Gasteiger partial charge in [0.25, 0.3) is 0 Å². The molecule has 0 spiro atoms. The number of rotatable bonds is 4. The first kappa shape index (κ1) is 13.6. The number of nitrogens with one attached hydrogen (secondary N) is 1. The minimum atomic E-state index is -2.82. The van der Waals surface area contributed by atoms with Crippen LogP contribution in [0.4, 0.5) is 25.8 Å². The van der Waals surface area contributed by atoms with Crippen LogP contribution in [0.5, 0.6) is 5.75 Å². The summed E-state index contributed by atoms with van der Waals surface area (Å²) in [6, 6.07) is 11.6. The van der Waals surface area contributed by atoms with Crippen LogP contribution in [0.2, 0.25) is 0 Å². The van der Waals surface area contributed by atoms with E-state index in [4.69, 9.17) is 5.73 Å². The first-order valence-electron chi connectivity index (χ1n) is 5.41. The van der Waals surface area contributed by atoms with Gasteiger partial charge in [0.15, 0.2) is 0 Å². The zero-order chi connectivity index (χ0) is 13.8. The quantitative estimate of drug-likeness (QED) is 0.819. The predicted molar refractivity (Wildman–Crippen MR) is 74.9 cm³/mol. The monoisotopic (exact) mass is 328 g/mol. The number of ether oxygens (including phenoxy) is 1. The van der Waals surface area contributed by atoms with Crippen LogP contribution in [0.25, 0.3) is 0 Å². The molecule has 0 amide bonds. The van der Waals surface area contributed by atoms with Crippen LogP contribution >= 0.6 is 15.9 Å². The third-order valence-corrected chi connectivity index (χ3v) is 2.87. The SMILES string of the molecule is Nc1ccc(Br)cc1Nc1ccc(OC(F)F)cc1. The summed E-state index contributed by atoms with van der Waals surface area (Å²) in [5.41, 5.74) is 7.88. The van der Waals surface area contributed by atoms with Gasteiger partial charge >= 0.3 is 6.61 Å². The normalized spacial score (nSPS) is 10.5. The summed E-state index contributed by atoms with van der Waals surface area (Å²) in [7, 11) is 0. The standard InChI is InChI=1S/C13H11BrF2N2O/c14-8-1-6-11(17)12(7-8)18-9-2-4-10(5-3-9)19-13(15)16/h1-7,13,18H,17H2. The number of hydrogen-bond acceptors (Lipinski definition) is 3. The van der Waals surface area contributed by atoms with E-state index in [2.05, 4.69) is 26.0 Å². The van der Waals surface area contributed by atoms with Crippen molar-refractivity contribution in [3.8, 4) is 5.75 Å². The third-order valence-electron chi connectivity index (χ3n) is 2.37. The number of nitrogen functional groups attached to an aromatic ring is 1. The zero-order valence-corrected chi connectivity index (χ0v) is 11.3. The second kappa shape index (κ2) is 5.88. The maximum atomic E-state index is 12.0. The molecular formula is C13H11BrF2N2O. The molecule has 0 bridgehead atoms. The van der Waals surface area contributed by atoms with Crippen LogP contribution in [-0.2, 0) is 0 Å². The van der Waals surface area contributed by atoms with Gasteiger partial charge in [0, 0.05) is 10.2 Å². The summed E-state index contributed by atoms with van der Waals surface area (Å²) in [6.07, 6.45) is 0. The van der Waals surface area contributed by atoms with Crippen molar-refractivity contribution in [3.63, 3.8) is 0 Å². The lowest BCUT2D eigenvalue weighted by atomic mass is 10.2. The Morgan fingerprint density at radius 3 is 2.42 bits per heavy atom. The lowest BCUT2D eigenvalue weighted by molar-refractivity contribution is -0.0498. The molecule has 6 heteroatoms. The van der Waals surface area contributed by atoms with Crippen LogP contribution in [0.15, 0.2) is 46.9 Å². The molecule has 3 N–H and O–H groups in total. The molecule has 19 heavy (non-hydrogen) atoms. The van der Waals surface area contributed by atoms with Gasteiger partial charge in [0.2, 0.25) is 0 Å². The second-order valence-corrected chi connectivity index (χ2v) is 4.68. The fourth-order valence-corrected chi connectivity index (χ4v) is 1.87. The topological polar surface area (TPSA) is 47.3 Å². The van der Waals surface area contributed by atoms with E-state index in [-0.39, 0.29) is 5.75 Å². The van der Waals surface area contributed by atoms with Gasteiger partial charge in [-0.25, -0.2) is 0 Å². The van der Waals surface area contributed by atoms with E-state index in [1.807, 2.05) is 12.1 Å². The molecule has 2 aromatic carbocycles. The fourth-order valence-electron chi connectivity index (χ4n) is 1.51. The molecule has 3 nitrogen and oxygen atoms in total. The van der Waals surface area contributed by atoms with Gasteiger partial charge in [0.1, 0.15) is 5.75 Å².